The van der Waals surface area contributed by atoms with Gasteiger partial charge in [-0.1, -0.05) is 0 Å². The highest BCUT2D eigenvalue weighted by Crippen LogP contribution is 2.53. The van der Waals surface area contributed by atoms with Crippen LogP contribution in [-0.4, -0.2) is 35.6 Å². The average Bonchev–Trinajstić information content (AvgIpc) is 2.87. The Morgan fingerprint density at radius 2 is 1.19 bits per heavy atom. The molecule has 21 heavy (non-hydrogen) atoms. The molecule has 7 nitrogen and oxygen atoms in total. The van der Waals surface area contributed by atoms with Crippen LogP contribution in [0.4, 0.5) is 0 Å². The van der Waals surface area contributed by atoms with Gasteiger partial charge in [0.1, 0.15) is 10.2 Å². The molecule has 0 amide bonds. The molecule has 0 aliphatic carbocycles. The van der Waals surface area contributed by atoms with Gasteiger partial charge in [0.05, 0.1) is 16.4 Å². The third kappa shape index (κ3) is 1.47. The van der Waals surface area contributed by atoms with Gasteiger partial charge in [-0.05, 0) is 22.9 Å². The maximum Gasteiger partial charge on any atom is 0.202 e. The summed E-state index contributed by atoms with van der Waals surface area (Å²) in [6.45, 7) is 1.47. The van der Waals surface area contributed by atoms with E-state index in [1.165, 1.54) is 6.92 Å². The number of halogens is 1. The van der Waals surface area contributed by atoms with E-state index in [1.54, 1.807) is 0 Å². The summed E-state index contributed by atoms with van der Waals surface area (Å²) < 4.78 is -0.125. The van der Waals surface area contributed by atoms with Gasteiger partial charge in [0, 0.05) is 10.9 Å². The number of benzene rings is 2. The van der Waals surface area contributed by atoms with Crippen LogP contribution in [0.2, 0.25) is 0 Å². The second-order valence-corrected chi connectivity index (χ2v) is 5.45. The molecule has 0 atom stereocenters. The first kappa shape index (κ1) is 13.5. The van der Waals surface area contributed by atoms with Gasteiger partial charge in [-0.2, -0.15) is 0 Å². The number of aromatic hydroxyl groups is 6. The lowest BCUT2D eigenvalue weighted by Crippen LogP contribution is -1.82. The fraction of sp³-hybridized carbons (Fsp3) is 0.0769. The van der Waals surface area contributed by atoms with E-state index in [2.05, 4.69) is 20.9 Å². The van der Waals surface area contributed by atoms with Crippen LogP contribution in [0.15, 0.2) is 4.47 Å². The van der Waals surface area contributed by atoms with Gasteiger partial charge in [0.15, 0.2) is 23.0 Å². The van der Waals surface area contributed by atoms with Crippen molar-refractivity contribution in [1.29, 1.82) is 0 Å². The van der Waals surface area contributed by atoms with Gasteiger partial charge in [0.25, 0.3) is 0 Å². The summed E-state index contributed by atoms with van der Waals surface area (Å²) in [5.74, 6) is -3.36. The van der Waals surface area contributed by atoms with Gasteiger partial charge in [-0.15, -0.1) is 0 Å². The summed E-state index contributed by atoms with van der Waals surface area (Å²) in [6.07, 6.45) is 0. The Morgan fingerprint density at radius 1 is 0.667 bits per heavy atom. The number of phenols is 6. The van der Waals surface area contributed by atoms with Crippen molar-refractivity contribution in [2.45, 2.75) is 6.92 Å². The molecule has 3 rings (SSSR count). The lowest BCUT2D eigenvalue weighted by molar-refractivity contribution is 0.369. The lowest BCUT2D eigenvalue weighted by Gasteiger charge is -2.08. The molecule has 2 aromatic carbocycles. The first-order valence-electron chi connectivity index (χ1n) is 5.78. The quantitative estimate of drug-likeness (QED) is 0.244. The van der Waals surface area contributed by atoms with Crippen molar-refractivity contribution < 1.29 is 30.6 Å². The zero-order valence-electron chi connectivity index (χ0n) is 10.6. The highest BCUT2D eigenvalue weighted by atomic mass is 79.9. The molecule has 0 spiro atoms. The molecular formula is C13H10BrNO6. The highest BCUT2D eigenvalue weighted by molar-refractivity contribution is 9.10. The van der Waals surface area contributed by atoms with Gasteiger partial charge < -0.3 is 35.6 Å². The minimum absolute atomic E-state index is 0.0147. The molecule has 7 N–H and O–H groups in total. The molecule has 1 aromatic heterocycles. The molecule has 0 bridgehead atoms. The maximum atomic E-state index is 10.2. The summed E-state index contributed by atoms with van der Waals surface area (Å²) in [4.78, 5) is 2.62. The normalized spacial score (nSPS) is 11.5. The monoisotopic (exact) mass is 355 g/mol. The Hall–Kier alpha value is -2.48. The molecule has 0 saturated heterocycles. The highest BCUT2D eigenvalue weighted by Gasteiger charge is 2.26. The molecule has 0 saturated carbocycles. The number of H-pyrrole nitrogens is 1. The van der Waals surface area contributed by atoms with Gasteiger partial charge in [0.2, 0.25) is 5.75 Å². The molecule has 0 radical (unpaired) electrons. The molecule has 3 aromatic rings. The molecule has 110 valence electrons. The molecule has 0 aliphatic heterocycles. The molecule has 8 heteroatoms. The number of fused-ring (bicyclic) bond motifs is 3. The van der Waals surface area contributed by atoms with E-state index in [-0.39, 0.29) is 37.6 Å². The minimum atomic E-state index is -0.714. The van der Waals surface area contributed by atoms with Crippen LogP contribution in [0.3, 0.4) is 0 Å². The summed E-state index contributed by atoms with van der Waals surface area (Å²) in [5.41, 5.74) is 0.173. The predicted octanol–water partition coefficient (Wildman–Crippen LogP) is 2.63. The Morgan fingerprint density at radius 3 is 1.81 bits per heavy atom. The van der Waals surface area contributed by atoms with Crippen molar-refractivity contribution in [2.75, 3.05) is 0 Å². The van der Waals surface area contributed by atoms with Crippen LogP contribution in [0, 0.1) is 6.92 Å². The first-order chi connectivity index (χ1) is 9.77. The van der Waals surface area contributed by atoms with E-state index in [0.717, 1.165) is 0 Å². The SMILES string of the molecule is Cc1c(O)c(O)c(O)c2[nH]c3c(O)c(O)c(Br)c(O)c3c12. The van der Waals surface area contributed by atoms with Crippen LogP contribution in [0.5, 0.6) is 34.5 Å². The summed E-state index contributed by atoms with van der Waals surface area (Å²) in [7, 11) is 0. The van der Waals surface area contributed by atoms with E-state index in [1.807, 2.05) is 0 Å². The number of aromatic nitrogens is 1. The summed E-state index contributed by atoms with van der Waals surface area (Å²) in [6, 6.07) is 0. The van der Waals surface area contributed by atoms with Crippen LogP contribution in [0.1, 0.15) is 5.56 Å². The fourth-order valence-corrected chi connectivity index (χ4v) is 2.82. The Kier molecular flexibility index (Phi) is 2.58. The third-order valence-electron chi connectivity index (χ3n) is 3.53. The average molecular weight is 356 g/mol. The standard InChI is InChI=1S/C13H10BrNO6/c1-2-3-4-7(11(19)10(18)5(14)9(4)17)15-6(3)12(20)13(21)8(2)16/h15-21H,1H3. The van der Waals surface area contributed by atoms with E-state index < -0.39 is 28.7 Å². The van der Waals surface area contributed by atoms with Crippen molar-refractivity contribution >= 4 is 37.7 Å². The number of aryl methyl sites for hydroxylation is 1. The minimum Gasteiger partial charge on any atom is -0.506 e. The third-order valence-corrected chi connectivity index (χ3v) is 4.28. The van der Waals surface area contributed by atoms with E-state index in [4.69, 9.17) is 0 Å². The van der Waals surface area contributed by atoms with Crippen LogP contribution in [-0.2, 0) is 0 Å². The van der Waals surface area contributed by atoms with Crippen molar-refractivity contribution in [2.24, 2.45) is 0 Å². The van der Waals surface area contributed by atoms with E-state index >= 15 is 0 Å². The Labute approximate surface area is 125 Å². The summed E-state index contributed by atoms with van der Waals surface area (Å²) in [5, 5.41) is 59.5. The van der Waals surface area contributed by atoms with Crippen LogP contribution < -0.4 is 0 Å². The zero-order valence-corrected chi connectivity index (χ0v) is 12.1. The predicted molar refractivity (Wildman–Crippen MR) is 78.2 cm³/mol. The molecular weight excluding hydrogens is 346 g/mol. The second-order valence-electron chi connectivity index (χ2n) is 4.66. The zero-order chi connectivity index (χ0) is 15.6. The lowest BCUT2D eigenvalue weighted by atomic mass is 10.0. The second kappa shape index (κ2) is 4.01. The molecule has 0 unspecified atom stereocenters. The van der Waals surface area contributed by atoms with E-state index in [9.17, 15) is 30.6 Å². The summed E-state index contributed by atoms with van der Waals surface area (Å²) >= 11 is 2.95. The number of aromatic amines is 1. The Bertz CT molecular complexity index is 856. The van der Waals surface area contributed by atoms with Gasteiger partial charge in [-0.25, -0.2) is 0 Å². The number of rotatable bonds is 0. The van der Waals surface area contributed by atoms with Crippen molar-refractivity contribution in [3.8, 4) is 34.5 Å². The number of hydrogen-bond acceptors (Lipinski definition) is 6. The fourth-order valence-electron chi connectivity index (χ4n) is 2.44. The number of phenolic OH excluding ortho intramolecular Hbond substituents is 6. The topological polar surface area (TPSA) is 137 Å². The van der Waals surface area contributed by atoms with Gasteiger partial charge in [-0.3, -0.25) is 0 Å². The first-order valence-corrected chi connectivity index (χ1v) is 6.57. The van der Waals surface area contributed by atoms with Crippen LogP contribution >= 0.6 is 15.9 Å². The molecule has 0 fully saturated rings. The van der Waals surface area contributed by atoms with Crippen LogP contribution in [0.25, 0.3) is 21.8 Å². The number of hydrogen-bond donors (Lipinski definition) is 7. The Balaban J connectivity index is 2.73. The number of nitrogens with one attached hydrogen (secondary N) is 1. The van der Waals surface area contributed by atoms with E-state index in [0.29, 0.717) is 0 Å². The van der Waals surface area contributed by atoms with Crippen molar-refractivity contribution in [3.05, 3.63) is 10.0 Å². The maximum absolute atomic E-state index is 10.2. The van der Waals surface area contributed by atoms with Crippen molar-refractivity contribution in [3.63, 3.8) is 0 Å². The molecule has 1 heterocycles. The van der Waals surface area contributed by atoms with Crippen molar-refractivity contribution in [1.82, 2.24) is 4.98 Å². The molecule has 0 aliphatic rings. The smallest absolute Gasteiger partial charge is 0.202 e. The van der Waals surface area contributed by atoms with Gasteiger partial charge >= 0.3 is 0 Å². The largest absolute Gasteiger partial charge is 0.506 e.